The van der Waals surface area contributed by atoms with Crippen molar-refractivity contribution in [2.24, 2.45) is 0 Å². The highest BCUT2D eigenvalue weighted by Crippen LogP contribution is 2.16. The smallest absolute Gasteiger partial charge is 0.129 e. The number of hydrogen-bond donors (Lipinski definition) is 2. The van der Waals surface area contributed by atoms with Crippen LogP contribution in [0.3, 0.4) is 0 Å². The number of nitrogens with one attached hydrogen (secondary N) is 1. The summed E-state index contributed by atoms with van der Waals surface area (Å²) < 4.78 is 13.5. The molecule has 0 aliphatic rings. The molecule has 0 radical (unpaired) electrons. The first-order chi connectivity index (χ1) is 8.66. The maximum absolute atomic E-state index is 13.5. The number of rotatable bonds is 5. The van der Waals surface area contributed by atoms with Gasteiger partial charge in [0.1, 0.15) is 5.82 Å². The van der Waals surface area contributed by atoms with Crippen LogP contribution < -0.4 is 5.32 Å². The van der Waals surface area contributed by atoms with Crippen LogP contribution in [0.1, 0.15) is 17.2 Å². The summed E-state index contributed by atoms with van der Waals surface area (Å²) in [6, 6.07) is 6.45. The fourth-order valence-corrected chi connectivity index (χ4v) is 2.46. The maximum Gasteiger partial charge on any atom is 0.129 e. The summed E-state index contributed by atoms with van der Waals surface area (Å²) in [5.41, 5.74) is 1.42. The van der Waals surface area contributed by atoms with Crippen molar-refractivity contribution in [2.75, 3.05) is 6.54 Å². The van der Waals surface area contributed by atoms with Crippen LogP contribution in [0.2, 0.25) is 5.02 Å². The quantitative estimate of drug-likeness (QED) is 0.883. The Morgan fingerprint density at radius 2 is 2.22 bits per heavy atom. The van der Waals surface area contributed by atoms with E-state index in [1.54, 1.807) is 12.1 Å². The van der Waals surface area contributed by atoms with Crippen molar-refractivity contribution >= 4 is 22.9 Å². The molecule has 0 spiro atoms. The van der Waals surface area contributed by atoms with Crippen molar-refractivity contribution in [1.82, 2.24) is 5.32 Å². The summed E-state index contributed by atoms with van der Waals surface area (Å²) >= 11 is 7.21. The van der Waals surface area contributed by atoms with Gasteiger partial charge in [-0.2, -0.15) is 11.3 Å². The molecule has 1 aromatic carbocycles. The number of hydrogen-bond acceptors (Lipinski definition) is 3. The van der Waals surface area contributed by atoms with Gasteiger partial charge in [-0.05, 0) is 34.5 Å². The predicted octanol–water partition coefficient (Wildman–Crippen LogP) is 3.36. The predicted molar refractivity (Wildman–Crippen MR) is 72.4 cm³/mol. The maximum atomic E-state index is 13.5. The molecule has 18 heavy (non-hydrogen) atoms. The van der Waals surface area contributed by atoms with Gasteiger partial charge >= 0.3 is 0 Å². The Labute approximate surface area is 114 Å². The van der Waals surface area contributed by atoms with Crippen molar-refractivity contribution in [1.29, 1.82) is 0 Å². The second-order valence-electron chi connectivity index (χ2n) is 3.94. The molecule has 0 bridgehead atoms. The Morgan fingerprint density at radius 1 is 1.39 bits per heavy atom. The van der Waals surface area contributed by atoms with Crippen LogP contribution in [0.4, 0.5) is 4.39 Å². The lowest BCUT2D eigenvalue weighted by molar-refractivity contribution is 0.174. The minimum atomic E-state index is -0.563. The minimum Gasteiger partial charge on any atom is -0.387 e. The van der Waals surface area contributed by atoms with Gasteiger partial charge in [0.25, 0.3) is 0 Å². The summed E-state index contributed by atoms with van der Waals surface area (Å²) in [5, 5.41) is 17.0. The minimum absolute atomic E-state index is 0.333. The van der Waals surface area contributed by atoms with Gasteiger partial charge in [-0.25, -0.2) is 4.39 Å². The van der Waals surface area contributed by atoms with Crippen molar-refractivity contribution in [3.63, 3.8) is 0 Å². The first-order valence-corrected chi connectivity index (χ1v) is 6.83. The SMILES string of the molecule is OC(CNCc1ccc(Cl)cc1F)c1ccsc1. The molecule has 1 atom stereocenters. The number of halogens is 2. The molecule has 2 N–H and O–H groups in total. The highest BCUT2D eigenvalue weighted by Gasteiger charge is 2.08. The monoisotopic (exact) mass is 285 g/mol. The summed E-state index contributed by atoms with van der Waals surface area (Å²) in [5.74, 6) is -0.333. The molecular weight excluding hydrogens is 273 g/mol. The zero-order valence-electron chi connectivity index (χ0n) is 9.57. The van der Waals surface area contributed by atoms with Gasteiger partial charge in [0, 0.05) is 23.7 Å². The molecule has 0 saturated carbocycles. The summed E-state index contributed by atoms with van der Waals surface area (Å²) in [6.45, 7) is 0.753. The lowest BCUT2D eigenvalue weighted by atomic mass is 10.2. The van der Waals surface area contributed by atoms with Crippen molar-refractivity contribution < 1.29 is 9.50 Å². The standard InChI is InChI=1S/C13H13ClFNOS/c14-11-2-1-9(12(15)5-11)6-16-7-13(17)10-3-4-18-8-10/h1-5,8,13,16-17H,6-7H2. The Hall–Kier alpha value is -0.940. The second-order valence-corrected chi connectivity index (χ2v) is 5.16. The van der Waals surface area contributed by atoms with E-state index >= 15 is 0 Å². The van der Waals surface area contributed by atoms with E-state index in [1.165, 1.54) is 17.4 Å². The van der Waals surface area contributed by atoms with Crippen LogP contribution >= 0.6 is 22.9 Å². The lowest BCUT2D eigenvalue weighted by Crippen LogP contribution is -2.21. The van der Waals surface area contributed by atoms with Crippen molar-refractivity contribution in [3.8, 4) is 0 Å². The molecule has 2 aromatic rings. The van der Waals surface area contributed by atoms with Gasteiger partial charge < -0.3 is 10.4 Å². The molecule has 0 aliphatic heterocycles. The summed E-state index contributed by atoms with van der Waals surface area (Å²) in [6.07, 6.45) is -0.563. The van der Waals surface area contributed by atoms with E-state index in [0.29, 0.717) is 23.7 Å². The summed E-state index contributed by atoms with van der Waals surface area (Å²) in [7, 11) is 0. The molecule has 5 heteroatoms. The van der Waals surface area contributed by atoms with Crippen LogP contribution in [-0.4, -0.2) is 11.7 Å². The van der Waals surface area contributed by atoms with E-state index in [0.717, 1.165) is 5.56 Å². The van der Waals surface area contributed by atoms with E-state index < -0.39 is 6.10 Å². The van der Waals surface area contributed by atoms with Crippen molar-refractivity contribution in [2.45, 2.75) is 12.6 Å². The Bertz CT molecular complexity index is 504. The van der Waals surface area contributed by atoms with Crippen LogP contribution in [0, 0.1) is 5.82 Å². The molecule has 1 aromatic heterocycles. The van der Waals surface area contributed by atoms with Crippen LogP contribution in [0.25, 0.3) is 0 Å². The first kappa shape index (κ1) is 13.5. The molecule has 2 nitrogen and oxygen atoms in total. The number of aliphatic hydroxyl groups excluding tert-OH is 1. The molecule has 0 amide bonds. The van der Waals surface area contributed by atoms with Gasteiger partial charge in [-0.1, -0.05) is 17.7 Å². The van der Waals surface area contributed by atoms with E-state index in [2.05, 4.69) is 5.32 Å². The average molecular weight is 286 g/mol. The van der Waals surface area contributed by atoms with Crippen LogP contribution in [-0.2, 0) is 6.54 Å². The zero-order valence-corrected chi connectivity index (χ0v) is 11.1. The van der Waals surface area contributed by atoms with Crippen LogP contribution in [0.5, 0.6) is 0 Å². The first-order valence-electron chi connectivity index (χ1n) is 5.51. The van der Waals surface area contributed by atoms with E-state index in [9.17, 15) is 9.50 Å². The van der Waals surface area contributed by atoms with Gasteiger partial charge in [0.05, 0.1) is 6.10 Å². The van der Waals surface area contributed by atoms with Crippen LogP contribution in [0.15, 0.2) is 35.0 Å². The van der Waals surface area contributed by atoms with Gasteiger partial charge in [0.2, 0.25) is 0 Å². The van der Waals surface area contributed by atoms with Gasteiger partial charge in [-0.15, -0.1) is 0 Å². The lowest BCUT2D eigenvalue weighted by Gasteiger charge is -2.11. The third-order valence-corrected chi connectivity index (χ3v) is 3.53. The molecule has 0 fully saturated rings. The number of thiophene rings is 1. The normalized spacial score (nSPS) is 12.6. The Morgan fingerprint density at radius 3 is 2.89 bits per heavy atom. The molecule has 1 unspecified atom stereocenters. The van der Waals surface area contributed by atoms with Crippen molar-refractivity contribution in [3.05, 3.63) is 57.0 Å². The molecule has 96 valence electrons. The third kappa shape index (κ3) is 3.53. The fourth-order valence-electron chi connectivity index (χ4n) is 1.59. The molecule has 0 saturated heterocycles. The topological polar surface area (TPSA) is 32.3 Å². The number of benzene rings is 1. The van der Waals surface area contributed by atoms with Gasteiger partial charge in [-0.3, -0.25) is 0 Å². The molecule has 2 rings (SSSR count). The van der Waals surface area contributed by atoms with E-state index in [4.69, 9.17) is 11.6 Å². The summed E-state index contributed by atoms with van der Waals surface area (Å²) in [4.78, 5) is 0. The highest BCUT2D eigenvalue weighted by molar-refractivity contribution is 7.07. The third-order valence-electron chi connectivity index (χ3n) is 2.60. The zero-order chi connectivity index (χ0) is 13.0. The van der Waals surface area contributed by atoms with E-state index in [-0.39, 0.29) is 5.82 Å². The highest BCUT2D eigenvalue weighted by atomic mass is 35.5. The fraction of sp³-hybridized carbons (Fsp3) is 0.231. The average Bonchev–Trinajstić information content (AvgIpc) is 2.85. The Balaban J connectivity index is 1.85. The molecular formula is C13H13ClFNOS. The van der Waals surface area contributed by atoms with E-state index in [1.807, 2.05) is 16.8 Å². The second kappa shape index (κ2) is 6.29. The molecule has 0 aliphatic carbocycles. The molecule has 1 heterocycles. The van der Waals surface area contributed by atoms with Gasteiger partial charge in [0.15, 0.2) is 0 Å². The largest absolute Gasteiger partial charge is 0.387 e. The Kier molecular flexibility index (Phi) is 4.72. The number of aliphatic hydroxyl groups is 1.